The van der Waals surface area contributed by atoms with Crippen LogP contribution >= 0.6 is 0 Å². The average molecular weight is 435 g/mol. The molecule has 0 bridgehead atoms. The molecule has 2 saturated heterocycles. The number of nitrogens with one attached hydrogen (secondary N) is 1. The summed E-state index contributed by atoms with van der Waals surface area (Å²) in [5.41, 5.74) is -2.22. The quantitative estimate of drug-likeness (QED) is 0.465. The molecule has 0 aromatic heterocycles. The van der Waals surface area contributed by atoms with E-state index in [2.05, 4.69) is 10.2 Å². The highest BCUT2D eigenvalue weighted by molar-refractivity contribution is 6.05. The van der Waals surface area contributed by atoms with E-state index in [4.69, 9.17) is 14.6 Å². The number of carboxylic acids is 2. The Balaban J connectivity index is 1.80. The first-order valence-corrected chi connectivity index (χ1v) is 10.4. The Hall–Kier alpha value is -2.69. The number of benzene rings is 1. The number of nitrogens with zero attached hydrogens (tertiary/aromatic N) is 2. The third-order valence-corrected chi connectivity index (χ3v) is 5.81. The van der Waals surface area contributed by atoms with Crippen molar-refractivity contribution < 1.29 is 34.1 Å². The molecule has 2 aliphatic rings. The normalized spacial score (nSPS) is 20.5. The van der Waals surface area contributed by atoms with Crippen LogP contribution in [-0.2, 0) is 14.4 Å². The molecule has 2 heterocycles. The summed E-state index contributed by atoms with van der Waals surface area (Å²) < 4.78 is 11.1. The SMILES string of the molecule is CC(=O)C(Oc1ccccc1OCC(=O)O)(C(=O)O)N1CCN(C2CCNCC2)CC1. The molecule has 0 spiro atoms. The molecule has 10 nitrogen and oxygen atoms in total. The molecule has 2 fully saturated rings. The number of hydrogen-bond acceptors (Lipinski definition) is 8. The number of aliphatic carboxylic acids is 2. The number of piperidine rings is 1. The van der Waals surface area contributed by atoms with Crippen molar-refractivity contribution in [1.29, 1.82) is 0 Å². The van der Waals surface area contributed by atoms with Gasteiger partial charge >= 0.3 is 17.7 Å². The Kier molecular flexibility index (Phi) is 7.47. The summed E-state index contributed by atoms with van der Waals surface area (Å²) in [5, 5.41) is 22.3. The molecule has 31 heavy (non-hydrogen) atoms. The summed E-state index contributed by atoms with van der Waals surface area (Å²) in [5.74, 6) is -3.20. The predicted octanol–water partition coefficient (Wildman–Crippen LogP) is 0.268. The number of hydrogen-bond donors (Lipinski definition) is 3. The van der Waals surface area contributed by atoms with Crippen molar-refractivity contribution in [1.82, 2.24) is 15.1 Å². The van der Waals surface area contributed by atoms with Gasteiger partial charge in [0.05, 0.1) is 0 Å². The van der Waals surface area contributed by atoms with Crippen LogP contribution in [-0.4, -0.2) is 95.4 Å². The zero-order chi connectivity index (χ0) is 22.4. The van der Waals surface area contributed by atoms with Gasteiger partial charge in [0.15, 0.2) is 18.1 Å². The first-order valence-electron chi connectivity index (χ1n) is 10.4. The molecule has 1 atom stereocenters. The van der Waals surface area contributed by atoms with Crippen LogP contribution in [0.15, 0.2) is 24.3 Å². The monoisotopic (exact) mass is 435 g/mol. The van der Waals surface area contributed by atoms with E-state index in [1.807, 2.05) is 0 Å². The van der Waals surface area contributed by atoms with Crippen molar-refractivity contribution in [3.8, 4) is 11.5 Å². The molecule has 0 amide bonds. The molecule has 0 saturated carbocycles. The Morgan fingerprint density at radius 1 is 1.06 bits per heavy atom. The van der Waals surface area contributed by atoms with E-state index in [0.29, 0.717) is 32.2 Å². The number of ether oxygens (including phenoxy) is 2. The van der Waals surface area contributed by atoms with Crippen LogP contribution in [0.1, 0.15) is 19.8 Å². The molecular weight excluding hydrogens is 406 g/mol. The van der Waals surface area contributed by atoms with E-state index in [0.717, 1.165) is 25.9 Å². The van der Waals surface area contributed by atoms with Crippen LogP contribution in [0.5, 0.6) is 11.5 Å². The van der Waals surface area contributed by atoms with E-state index in [9.17, 15) is 19.5 Å². The molecule has 0 aliphatic carbocycles. The molecular formula is C21H29N3O7. The molecule has 0 radical (unpaired) electrons. The van der Waals surface area contributed by atoms with Gasteiger partial charge in [-0.25, -0.2) is 14.5 Å². The predicted molar refractivity (Wildman–Crippen MR) is 110 cm³/mol. The molecule has 10 heteroatoms. The van der Waals surface area contributed by atoms with Crippen LogP contribution in [0.2, 0.25) is 0 Å². The maximum atomic E-state index is 12.7. The second kappa shape index (κ2) is 10.1. The lowest BCUT2D eigenvalue weighted by atomic mass is 10.0. The number of para-hydroxylation sites is 2. The highest BCUT2D eigenvalue weighted by Crippen LogP contribution is 2.33. The van der Waals surface area contributed by atoms with Gasteiger partial charge in [-0.15, -0.1) is 0 Å². The summed E-state index contributed by atoms with van der Waals surface area (Å²) in [6, 6.07) is 6.59. The lowest BCUT2D eigenvalue weighted by Gasteiger charge is -2.45. The summed E-state index contributed by atoms with van der Waals surface area (Å²) in [6.45, 7) is 4.48. The Bertz CT molecular complexity index is 788. The highest BCUT2D eigenvalue weighted by Gasteiger charge is 2.53. The van der Waals surface area contributed by atoms with Gasteiger partial charge in [-0.1, -0.05) is 12.1 Å². The second-order valence-corrected chi connectivity index (χ2v) is 7.74. The molecule has 1 aromatic carbocycles. The van der Waals surface area contributed by atoms with Crippen molar-refractivity contribution in [2.45, 2.75) is 31.5 Å². The van der Waals surface area contributed by atoms with Crippen molar-refractivity contribution >= 4 is 17.7 Å². The Morgan fingerprint density at radius 3 is 2.23 bits per heavy atom. The molecule has 1 unspecified atom stereocenters. The van der Waals surface area contributed by atoms with Gasteiger partial charge < -0.3 is 25.0 Å². The van der Waals surface area contributed by atoms with Crippen LogP contribution in [0.3, 0.4) is 0 Å². The fraction of sp³-hybridized carbons (Fsp3) is 0.571. The Morgan fingerprint density at radius 2 is 1.68 bits per heavy atom. The summed E-state index contributed by atoms with van der Waals surface area (Å²) in [6.07, 6.45) is 2.09. The highest BCUT2D eigenvalue weighted by atomic mass is 16.6. The van der Waals surface area contributed by atoms with Gasteiger partial charge in [0.1, 0.15) is 0 Å². The number of Topliss-reactive ketones (excluding diaryl/α,β-unsaturated/α-hetero) is 1. The number of rotatable bonds is 9. The van der Waals surface area contributed by atoms with E-state index >= 15 is 0 Å². The van der Waals surface area contributed by atoms with E-state index in [1.54, 1.807) is 17.0 Å². The molecule has 170 valence electrons. The standard InChI is InChI=1S/C21H29N3O7/c1-15(25)21(20(28)29,31-18-5-3-2-4-17(18)30-14-19(26)27)24-12-10-23(11-13-24)16-6-8-22-9-7-16/h2-5,16,22H,6-14H2,1H3,(H,26,27)(H,28,29). The van der Waals surface area contributed by atoms with Gasteiger partial charge in [0.2, 0.25) is 5.78 Å². The third-order valence-electron chi connectivity index (χ3n) is 5.81. The molecule has 2 aliphatic heterocycles. The topological polar surface area (TPSA) is 129 Å². The summed E-state index contributed by atoms with van der Waals surface area (Å²) in [4.78, 5) is 39.8. The maximum absolute atomic E-state index is 12.7. The fourth-order valence-electron chi connectivity index (χ4n) is 4.21. The lowest BCUT2D eigenvalue weighted by Crippen LogP contribution is -2.68. The molecule has 3 N–H and O–H groups in total. The number of carbonyl (C=O) groups excluding carboxylic acids is 1. The van der Waals surface area contributed by atoms with E-state index in [-0.39, 0.29) is 11.5 Å². The van der Waals surface area contributed by atoms with Crippen molar-refractivity contribution in [2.75, 3.05) is 45.9 Å². The van der Waals surface area contributed by atoms with Gasteiger partial charge in [-0.3, -0.25) is 9.69 Å². The minimum absolute atomic E-state index is 0.00198. The van der Waals surface area contributed by atoms with Crippen molar-refractivity contribution in [3.05, 3.63) is 24.3 Å². The second-order valence-electron chi connectivity index (χ2n) is 7.74. The van der Waals surface area contributed by atoms with E-state index in [1.165, 1.54) is 19.1 Å². The van der Waals surface area contributed by atoms with Crippen molar-refractivity contribution in [2.24, 2.45) is 0 Å². The number of ketones is 1. The van der Waals surface area contributed by atoms with Gasteiger partial charge in [0.25, 0.3) is 0 Å². The van der Waals surface area contributed by atoms with Gasteiger partial charge in [0, 0.05) is 39.1 Å². The fourth-order valence-corrected chi connectivity index (χ4v) is 4.21. The number of piperazine rings is 1. The summed E-state index contributed by atoms with van der Waals surface area (Å²) >= 11 is 0. The Labute approximate surface area is 180 Å². The average Bonchev–Trinajstić information content (AvgIpc) is 2.77. The van der Waals surface area contributed by atoms with E-state index < -0.39 is 30.1 Å². The largest absolute Gasteiger partial charge is 0.479 e. The van der Waals surface area contributed by atoms with Crippen LogP contribution in [0.4, 0.5) is 0 Å². The van der Waals surface area contributed by atoms with Crippen LogP contribution in [0, 0.1) is 0 Å². The zero-order valence-corrected chi connectivity index (χ0v) is 17.6. The minimum Gasteiger partial charge on any atom is -0.479 e. The van der Waals surface area contributed by atoms with Crippen LogP contribution < -0.4 is 14.8 Å². The van der Waals surface area contributed by atoms with Crippen molar-refractivity contribution in [3.63, 3.8) is 0 Å². The lowest BCUT2D eigenvalue weighted by molar-refractivity contribution is -0.184. The van der Waals surface area contributed by atoms with Gasteiger partial charge in [-0.2, -0.15) is 0 Å². The first kappa shape index (κ1) is 23.0. The zero-order valence-electron chi connectivity index (χ0n) is 17.6. The minimum atomic E-state index is -2.22. The van der Waals surface area contributed by atoms with Crippen LogP contribution in [0.25, 0.3) is 0 Å². The molecule has 1 aromatic rings. The summed E-state index contributed by atoms with van der Waals surface area (Å²) in [7, 11) is 0. The van der Waals surface area contributed by atoms with Gasteiger partial charge in [-0.05, 0) is 38.1 Å². The number of carboxylic acid groups (broad SMARTS) is 2. The third kappa shape index (κ3) is 5.15. The number of carbonyl (C=O) groups is 3. The maximum Gasteiger partial charge on any atom is 0.372 e. The molecule has 3 rings (SSSR count). The smallest absolute Gasteiger partial charge is 0.372 e. The first-order chi connectivity index (χ1) is 14.8.